The Morgan fingerprint density at radius 3 is 2.48 bits per heavy atom. The highest BCUT2D eigenvalue weighted by molar-refractivity contribution is 8.23. The molecule has 1 aromatic carbocycles. The van der Waals surface area contributed by atoms with Gasteiger partial charge in [-0.05, 0) is 32.9 Å². The number of rotatable bonds is 3. The van der Waals surface area contributed by atoms with E-state index in [-0.39, 0.29) is 22.8 Å². The summed E-state index contributed by atoms with van der Waals surface area (Å²) in [5.74, 6) is -0.998. The fraction of sp³-hybridized carbons (Fsp3) is 0.500. The predicted molar refractivity (Wildman–Crippen MR) is 92.7 cm³/mol. The lowest BCUT2D eigenvalue weighted by Crippen LogP contribution is -2.37. The van der Waals surface area contributed by atoms with E-state index >= 15 is 0 Å². The fourth-order valence-electron chi connectivity index (χ4n) is 2.50. The number of carbonyl (C=O) groups is 2. The zero-order valence-electron chi connectivity index (χ0n) is 14.5. The Kier molecular flexibility index (Phi) is 5.22. The van der Waals surface area contributed by atoms with Gasteiger partial charge in [0.15, 0.2) is 0 Å². The molecular weight excluding hydrogens is 350 g/mol. The monoisotopic (exact) mass is 373 g/mol. The van der Waals surface area contributed by atoms with Crippen LogP contribution in [0.5, 0.6) is 5.75 Å². The molecule has 0 saturated heterocycles. The first-order valence-electron chi connectivity index (χ1n) is 7.65. The van der Waals surface area contributed by atoms with E-state index in [0.29, 0.717) is 12.0 Å². The van der Waals surface area contributed by atoms with Gasteiger partial charge in [0.2, 0.25) is 0 Å². The molecule has 1 aliphatic rings. The summed E-state index contributed by atoms with van der Waals surface area (Å²) in [6, 6.07) is 2.14. The van der Waals surface area contributed by atoms with Crippen molar-refractivity contribution in [1.82, 2.24) is 5.32 Å². The number of alkyl carbamates (subject to hydrolysis) is 1. The molecule has 25 heavy (non-hydrogen) atoms. The number of hydrogen-bond donors (Lipinski definition) is 4. The Labute approximate surface area is 147 Å². The molecule has 1 aliphatic heterocycles. The minimum atomic E-state index is -3.27. The molecule has 0 spiro atoms. The predicted octanol–water partition coefficient (Wildman–Crippen LogP) is 3.47. The Morgan fingerprint density at radius 2 is 1.96 bits per heavy atom. The summed E-state index contributed by atoms with van der Waals surface area (Å²) in [4.78, 5) is 23.4. The van der Waals surface area contributed by atoms with Gasteiger partial charge in [0.1, 0.15) is 11.4 Å². The van der Waals surface area contributed by atoms with Gasteiger partial charge in [0.25, 0.3) is 0 Å². The Morgan fingerprint density at radius 1 is 1.32 bits per heavy atom. The molecule has 1 aromatic rings. The molecule has 1 heterocycles. The second-order valence-electron chi connectivity index (χ2n) is 6.86. The van der Waals surface area contributed by atoms with Gasteiger partial charge in [-0.25, -0.2) is 9.59 Å². The maximum atomic E-state index is 12.0. The third-order valence-electron chi connectivity index (χ3n) is 3.49. The third-order valence-corrected chi connectivity index (χ3v) is 4.66. The molecule has 1 amide bonds. The van der Waals surface area contributed by atoms with E-state index in [2.05, 4.69) is 5.32 Å². The van der Waals surface area contributed by atoms with E-state index < -0.39 is 34.3 Å². The standard InChI is InChI=1S/C16H23NO7S/c1-16(2,3)24-15(20)17-11-5-6-23-12-7-10(14(18)19)13(8-9(11)12)25(4,21)22/h7-8,11,21-22H,5-6H2,1-4H3,(H,17,20)(H,18,19). The molecule has 8 nitrogen and oxygen atoms in total. The van der Waals surface area contributed by atoms with Crippen molar-refractivity contribution in [3.05, 3.63) is 23.3 Å². The highest BCUT2D eigenvalue weighted by atomic mass is 32.3. The van der Waals surface area contributed by atoms with Crippen molar-refractivity contribution in [3.63, 3.8) is 0 Å². The summed E-state index contributed by atoms with van der Waals surface area (Å²) in [6.07, 6.45) is 0.986. The maximum Gasteiger partial charge on any atom is 0.408 e. The van der Waals surface area contributed by atoms with Crippen molar-refractivity contribution in [2.45, 2.75) is 43.7 Å². The van der Waals surface area contributed by atoms with E-state index in [1.807, 2.05) is 0 Å². The summed E-state index contributed by atoms with van der Waals surface area (Å²) < 4.78 is 30.6. The molecule has 0 aliphatic carbocycles. The average molecular weight is 373 g/mol. The van der Waals surface area contributed by atoms with Crippen molar-refractivity contribution in [1.29, 1.82) is 0 Å². The average Bonchev–Trinajstić information content (AvgIpc) is 2.43. The number of benzene rings is 1. The molecular formula is C16H23NO7S. The molecule has 0 fully saturated rings. The summed E-state index contributed by atoms with van der Waals surface area (Å²) in [7, 11) is -3.27. The SMILES string of the molecule is CC(C)(C)OC(=O)NC1CCOc2cc(C(=O)O)c(S(C)(O)O)cc21. The number of amides is 1. The van der Waals surface area contributed by atoms with Gasteiger partial charge in [0.05, 0.1) is 23.1 Å². The molecule has 4 N–H and O–H groups in total. The molecule has 140 valence electrons. The van der Waals surface area contributed by atoms with Crippen molar-refractivity contribution >= 4 is 22.7 Å². The highest BCUT2D eigenvalue weighted by Gasteiger charge is 2.30. The van der Waals surface area contributed by atoms with Gasteiger partial charge < -0.3 is 19.9 Å². The van der Waals surface area contributed by atoms with Crippen LogP contribution in [0.1, 0.15) is 49.2 Å². The van der Waals surface area contributed by atoms with Crippen LogP contribution in [0.2, 0.25) is 0 Å². The van der Waals surface area contributed by atoms with E-state index in [1.165, 1.54) is 12.1 Å². The van der Waals surface area contributed by atoms with Crippen LogP contribution in [-0.2, 0) is 4.74 Å². The van der Waals surface area contributed by atoms with Crippen LogP contribution < -0.4 is 10.1 Å². The smallest absolute Gasteiger partial charge is 0.408 e. The van der Waals surface area contributed by atoms with Crippen LogP contribution in [0.25, 0.3) is 0 Å². The number of carboxylic acids is 1. The van der Waals surface area contributed by atoms with E-state index in [1.54, 1.807) is 20.8 Å². The summed E-state index contributed by atoms with van der Waals surface area (Å²) >= 11 is 0. The number of carboxylic acid groups (broad SMARTS) is 1. The minimum Gasteiger partial charge on any atom is -0.493 e. The number of nitrogens with one attached hydrogen (secondary N) is 1. The van der Waals surface area contributed by atoms with Gasteiger partial charge in [-0.3, -0.25) is 9.11 Å². The van der Waals surface area contributed by atoms with Crippen LogP contribution in [-0.4, -0.2) is 44.7 Å². The second kappa shape index (κ2) is 6.74. The Hall–Kier alpha value is -1.97. The lowest BCUT2D eigenvalue weighted by molar-refractivity contribution is 0.0489. The third kappa shape index (κ3) is 4.77. The number of fused-ring (bicyclic) bond motifs is 1. The van der Waals surface area contributed by atoms with Crippen LogP contribution in [0, 0.1) is 0 Å². The highest BCUT2D eigenvalue weighted by Crippen LogP contribution is 2.49. The van der Waals surface area contributed by atoms with Crippen LogP contribution in [0.15, 0.2) is 17.0 Å². The lowest BCUT2D eigenvalue weighted by Gasteiger charge is -2.33. The Bertz CT molecular complexity index is 691. The molecule has 9 heteroatoms. The van der Waals surface area contributed by atoms with Gasteiger partial charge in [0, 0.05) is 18.2 Å². The summed E-state index contributed by atoms with van der Waals surface area (Å²) in [6.45, 7) is 5.52. The van der Waals surface area contributed by atoms with Crippen molar-refractivity contribution in [3.8, 4) is 5.75 Å². The van der Waals surface area contributed by atoms with Crippen LogP contribution >= 0.6 is 10.6 Å². The normalized spacial score (nSPS) is 17.9. The zero-order chi connectivity index (χ0) is 19.0. The van der Waals surface area contributed by atoms with Crippen molar-refractivity contribution < 1.29 is 33.3 Å². The first-order valence-corrected chi connectivity index (χ1v) is 9.61. The molecule has 2 rings (SSSR count). The van der Waals surface area contributed by atoms with Gasteiger partial charge in [-0.1, -0.05) is 0 Å². The number of ether oxygens (including phenoxy) is 2. The van der Waals surface area contributed by atoms with Crippen molar-refractivity contribution in [2.75, 3.05) is 12.9 Å². The van der Waals surface area contributed by atoms with Crippen molar-refractivity contribution in [2.24, 2.45) is 0 Å². The molecule has 1 atom stereocenters. The van der Waals surface area contributed by atoms with E-state index in [4.69, 9.17) is 9.47 Å². The molecule has 0 aromatic heterocycles. The van der Waals surface area contributed by atoms with Gasteiger partial charge >= 0.3 is 12.1 Å². The van der Waals surface area contributed by atoms with Gasteiger partial charge in [-0.2, -0.15) is 10.6 Å². The molecule has 0 saturated carbocycles. The van der Waals surface area contributed by atoms with Gasteiger partial charge in [-0.15, -0.1) is 0 Å². The second-order valence-corrected chi connectivity index (χ2v) is 8.97. The summed E-state index contributed by atoms with van der Waals surface area (Å²) in [5.41, 5.74) is -0.409. The zero-order valence-corrected chi connectivity index (χ0v) is 15.3. The fourth-order valence-corrected chi connectivity index (χ4v) is 3.42. The van der Waals surface area contributed by atoms with E-state index in [0.717, 1.165) is 6.26 Å². The molecule has 0 radical (unpaired) electrons. The number of aromatic carboxylic acids is 1. The maximum absolute atomic E-state index is 12.0. The first-order chi connectivity index (χ1) is 11.4. The largest absolute Gasteiger partial charge is 0.493 e. The molecule has 1 unspecified atom stereocenters. The minimum absolute atomic E-state index is 0.0970. The summed E-state index contributed by atoms with van der Waals surface area (Å²) in [5, 5.41) is 12.0. The number of carbonyl (C=O) groups excluding carboxylic acids is 1. The number of hydrogen-bond acceptors (Lipinski definition) is 6. The van der Waals surface area contributed by atoms with Crippen LogP contribution in [0.4, 0.5) is 4.79 Å². The van der Waals surface area contributed by atoms with E-state index in [9.17, 15) is 23.8 Å². The lowest BCUT2D eigenvalue weighted by atomic mass is 9.99. The topological polar surface area (TPSA) is 125 Å². The molecule has 0 bridgehead atoms. The Balaban J connectivity index is 2.40. The van der Waals surface area contributed by atoms with Crippen LogP contribution in [0.3, 0.4) is 0 Å². The first kappa shape index (κ1) is 19.4. The quantitative estimate of drug-likeness (QED) is 0.639.